The number of methoxy groups -OCH3 is 2. The maximum Gasteiger partial charge on any atom is 0.156 e. The summed E-state index contributed by atoms with van der Waals surface area (Å²) < 4.78 is 10.2. The van der Waals surface area contributed by atoms with E-state index in [2.05, 4.69) is 42.9 Å². The van der Waals surface area contributed by atoms with Gasteiger partial charge in [-0.3, -0.25) is 0 Å². The van der Waals surface area contributed by atoms with Crippen molar-refractivity contribution in [3.05, 3.63) is 0 Å². The molecule has 0 aromatic rings. The first kappa shape index (κ1) is 16.3. The number of rotatable bonds is 6. The van der Waals surface area contributed by atoms with Gasteiger partial charge in [0.2, 0.25) is 0 Å². The molecule has 0 bridgehead atoms. The molecular weight excluding hydrogens is 228 g/mol. The van der Waals surface area contributed by atoms with Gasteiger partial charge in [-0.1, -0.05) is 25.6 Å². The minimum Gasteiger partial charge on any atom is -0.356 e. The molecule has 0 N–H and O–H groups in total. The van der Waals surface area contributed by atoms with Gasteiger partial charge in [0.05, 0.1) is 0 Å². The van der Waals surface area contributed by atoms with Crippen molar-refractivity contribution in [2.45, 2.75) is 51.6 Å². The van der Waals surface area contributed by atoms with Crippen LogP contribution in [0, 0.1) is 23.3 Å². The smallest absolute Gasteiger partial charge is 0.156 e. The van der Waals surface area contributed by atoms with E-state index in [-0.39, 0.29) is 6.29 Å². The predicted octanol–water partition coefficient (Wildman–Crippen LogP) is 3.05. The Bertz CT molecular complexity index is 305. The van der Waals surface area contributed by atoms with E-state index in [1.807, 2.05) is 0 Å². The lowest BCUT2D eigenvalue weighted by Gasteiger charge is -2.11. The Hall–Kier alpha value is -0.743. The van der Waals surface area contributed by atoms with Crippen molar-refractivity contribution in [1.29, 1.82) is 0 Å². The average Bonchev–Trinajstić information content (AvgIpc) is 2.26. The molecular formula is C14H24O2Si. The molecule has 0 aromatic heterocycles. The van der Waals surface area contributed by atoms with Gasteiger partial charge in [-0.05, 0) is 31.1 Å². The topological polar surface area (TPSA) is 18.5 Å². The molecule has 0 heterocycles. The lowest BCUT2D eigenvalue weighted by molar-refractivity contribution is -0.107. The fourth-order valence-corrected chi connectivity index (χ4v) is 1.62. The zero-order valence-electron chi connectivity index (χ0n) is 11.7. The molecule has 96 valence electrons. The number of hydrogen-bond acceptors (Lipinski definition) is 2. The monoisotopic (exact) mass is 252 g/mol. The standard InChI is InChI=1S/C14H24O2Si/c1-15-14(16-2)12-10-8-6-7-9-11-13-17(3,4)5/h14H,6,8,10,12H2,1-5H3. The summed E-state index contributed by atoms with van der Waals surface area (Å²) in [5.74, 6) is 8.95. The van der Waals surface area contributed by atoms with Gasteiger partial charge in [0.15, 0.2) is 6.29 Å². The summed E-state index contributed by atoms with van der Waals surface area (Å²) in [7, 11) is 2.08. The summed E-state index contributed by atoms with van der Waals surface area (Å²) in [5, 5.41) is 0. The molecule has 0 atom stereocenters. The zero-order valence-corrected chi connectivity index (χ0v) is 12.7. The van der Waals surface area contributed by atoms with Gasteiger partial charge in [0.25, 0.3) is 0 Å². The quantitative estimate of drug-likeness (QED) is 0.313. The van der Waals surface area contributed by atoms with E-state index in [4.69, 9.17) is 9.47 Å². The minimum atomic E-state index is -1.25. The Balaban J connectivity index is 3.64. The molecule has 0 spiro atoms. The molecule has 2 nitrogen and oxygen atoms in total. The first-order valence-electron chi connectivity index (χ1n) is 6.05. The van der Waals surface area contributed by atoms with Gasteiger partial charge >= 0.3 is 0 Å². The lowest BCUT2D eigenvalue weighted by atomic mass is 10.2. The van der Waals surface area contributed by atoms with Gasteiger partial charge in [-0.15, -0.1) is 5.54 Å². The molecule has 0 aromatic carbocycles. The van der Waals surface area contributed by atoms with Crippen LogP contribution < -0.4 is 0 Å². The molecule has 0 unspecified atom stereocenters. The Morgan fingerprint density at radius 3 is 2.18 bits per heavy atom. The summed E-state index contributed by atoms with van der Waals surface area (Å²) >= 11 is 0. The molecule has 3 heteroatoms. The molecule has 0 amide bonds. The van der Waals surface area contributed by atoms with Crippen LogP contribution in [-0.4, -0.2) is 28.6 Å². The van der Waals surface area contributed by atoms with Crippen LogP contribution in [0.15, 0.2) is 0 Å². The molecule has 0 saturated carbocycles. The van der Waals surface area contributed by atoms with E-state index < -0.39 is 8.07 Å². The minimum absolute atomic E-state index is 0.0744. The first-order valence-corrected chi connectivity index (χ1v) is 9.55. The van der Waals surface area contributed by atoms with Gasteiger partial charge in [0, 0.05) is 20.6 Å². The molecule has 0 saturated heterocycles. The van der Waals surface area contributed by atoms with Crippen molar-refractivity contribution < 1.29 is 9.47 Å². The highest BCUT2D eigenvalue weighted by Gasteiger charge is 2.06. The van der Waals surface area contributed by atoms with Crippen molar-refractivity contribution in [3.8, 4) is 23.3 Å². The number of ether oxygens (including phenoxy) is 2. The van der Waals surface area contributed by atoms with Crippen molar-refractivity contribution in [2.75, 3.05) is 14.2 Å². The number of hydrogen-bond donors (Lipinski definition) is 0. The maximum absolute atomic E-state index is 5.11. The third-order valence-corrected chi connectivity index (χ3v) is 2.98. The van der Waals surface area contributed by atoms with Crippen LogP contribution >= 0.6 is 0 Å². The highest BCUT2D eigenvalue weighted by atomic mass is 28.3. The fraction of sp³-hybridized carbons (Fsp3) is 0.714. The Morgan fingerprint density at radius 1 is 1.00 bits per heavy atom. The van der Waals surface area contributed by atoms with Crippen LogP contribution in [0.2, 0.25) is 19.6 Å². The van der Waals surface area contributed by atoms with Crippen molar-refractivity contribution in [2.24, 2.45) is 0 Å². The van der Waals surface area contributed by atoms with Crippen molar-refractivity contribution >= 4 is 8.07 Å². The van der Waals surface area contributed by atoms with E-state index in [1.165, 1.54) is 0 Å². The second kappa shape index (κ2) is 9.30. The van der Waals surface area contributed by atoms with E-state index in [0.717, 1.165) is 25.7 Å². The summed E-state index contributed by atoms with van der Waals surface area (Å²) in [4.78, 5) is 0. The van der Waals surface area contributed by atoms with Gasteiger partial charge in [0.1, 0.15) is 8.07 Å². The van der Waals surface area contributed by atoms with Crippen LogP contribution in [0.25, 0.3) is 0 Å². The van der Waals surface area contributed by atoms with Crippen molar-refractivity contribution in [1.82, 2.24) is 0 Å². The normalized spacial score (nSPS) is 10.5. The molecule has 0 aliphatic carbocycles. The van der Waals surface area contributed by atoms with Crippen LogP contribution in [0.4, 0.5) is 0 Å². The number of unbranched alkanes of at least 4 members (excludes halogenated alkanes) is 2. The van der Waals surface area contributed by atoms with Crippen LogP contribution in [-0.2, 0) is 9.47 Å². The van der Waals surface area contributed by atoms with E-state index in [1.54, 1.807) is 14.2 Å². The lowest BCUT2D eigenvalue weighted by Crippen LogP contribution is -2.16. The molecule has 0 aliphatic heterocycles. The predicted molar refractivity (Wildman–Crippen MR) is 75.2 cm³/mol. The summed E-state index contributed by atoms with van der Waals surface area (Å²) in [6, 6.07) is 0. The van der Waals surface area contributed by atoms with E-state index in [9.17, 15) is 0 Å². The highest BCUT2D eigenvalue weighted by Crippen LogP contribution is 2.05. The van der Waals surface area contributed by atoms with Gasteiger partial charge < -0.3 is 9.47 Å². The summed E-state index contributed by atoms with van der Waals surface area (Å²) in [6.45, 7) is 6.66. The maximum atomic E-state index is 5.11. The second-order valence-electron chi connectivity index (χ2n) is 4.95. The van der Waals surface area contributed by atoms with Crippen LogP contribution in [0.1, 0.15) is 25.7 Å². The fourth-order valence-electron chi connectivity index (χ4n) is 1.18. The van der Waals surface area contributed by atoms with Crippen LogP contribution in [0.5, 0.6) is 0 Å². The molecule has 0 rings (SSSR count). The third-order valence-electron chi connectivity index (χ3n) is 2.11. The third kappa shape index (κ3) is 11.5. The first-order chi connectivity index (χ1) is 7.99. The largest absolute Gasteiger partial charge is 0.356 e. The van der Waals surface area contributed by atoms with Gasteiger partial charge in [-0.25, -0.2) is 0 Å². The van der Waals surface area contributed by atoms with Crippen molar-refractivity contribution in [3.63, 3.8) is 0 Å². The van der Waals surface area contributed by atoms with Crippen LogP contribution in [0.3, 0.4) is 0 Å². The van der Waals surface area contributed by atoms with Gasteiger partial charge in [-0.2, -0.15) is 0 Å². The summed E-state index contributed by atoms with van der Waals surface area (Å²) in [6.07, 6.45) is 3.90. The highest BCUT2D eigenvalue weighted by molar-refractivity contribution is 6.83. The zero-order chi connectivity index (χ0) is 13.1. The van der Waals surface area contributed by atoms with E-state index >= 15 is 0 Å². The average molecular weight is 252 g/mol. The molecule has 0 radical (unpaired) electrons. The molecule has 17 heavy (non-hydrogen) atoms. The Kier molecular flexibility index (Phi) is 8.90. The Labute approximate surface area is 107 Å². The SMILES string of the molecule is COC(CCCCC#CC#C[Si](C)(C)C)OC. The molecule has 0 aliphatic rings. The second-order valence-corrected chi connectivity index (χ2v) is 9.70. The summed E-state index contributed by atoms with van der Waals surface area (Å²) in [5.41, 5.74) is 3.22. The van der Waals surface area contributed by atoms with E-state index in [0.29, 0.717) is 0 Å². The molecule has 0 fully saturated rings. The Morgan fingerprint density at radius 2 is 1.65 bits per heavy atom.